The first-order valence-corrected chi connectivity index (χ1v) is 5.61. The average Bonchev–Trinajstić information content (AvgIpc) is 2.30. The molecular formula is C11H20O6. The van der Waals surface area contributed by atoms with Gasteiger partial charge >= 0.3 is 11.9 Å². The molecule has 0 heterocycles. The summed E-state index contributed by atoms with van der Waals surface area (Å²) in [5.41, 5.74) is 0. The van der Waals surface area contributed by atoms with E-state index in [0.717, 1.165) is 6.42 Å². The van der Waals surface area contributed by atoms with Crippen LogP contribution in [0.5, 0.6) is 0 Å². The van der Waals surface area contributed by atoms with Crippen LogP contribution in [0.25, 0.3) is 0 Å². The van der Waals surface area contributed by atoms with Crippen molar-refractivity contribution < 1.29 is 28.9 Å². The molecule has 0 fully saturated rings. The fraction of sp³-hybridized carbons (Fsp3) is 0.818. The Morgan fingerprint density at radius 3 is 2.41 bits per heavy atom. The molecule has 0 aromatic heterocycles. The second-order valence-electron chi connectivity index (χ2n) is 3.55. The predicted molar refractivity (Wildman–Crippen MR) is 59.4 cm³/mol. The Kier molecular flexibility index (Phi) is 9.37. The quantitative estimate of drug-likeness (QED) is 0.353. The third-order valence-electron chi connectivity index (χ3n) is 2.11. The zero-order valence-corrected chi connectivity index (χ0v) is 10.3. The van der Waals surface area contributed by atoms with Gasteiger partial charge in [0.25, 0.3) is 0 Å². The molecule has 1 unspecified atom stereocenters. The monoisotopic (exact) mass is 248 g/mol. The molecule has 0 aliphatic heterocycles. The standard InChI is InChI=1S/C11H20O6/c1-3-9(2)11(14)17-7-6-16-8-15-5-4-10(12)13/h9H,3-8H2,1-2H3,(H,12,13). The fourth-order valence-electron chi connectivity index (χ4n) is 0.846. The van der Waals surface area contributed by atoms with Gasteiger partial charge in [-0.15, -0.1) is 0 Å². The van der Waals surface area contributed by atoms with E-state index < -0.39 is 5.97 Å². The molecule has 17 heavy (non-hydrogen) atoms. The maximum absolute atomic E-state index is 11.2. The summed E-state index contributed by atoms with van der Waals surface area (Å²) >= 11 is 0. The Bertz CT molecular complexity index is 228. The fourth-order valence-corrected chi connectivity index (χ4v) is 0.846. The van der Waals surface area contributed by atoms with E-state index in [1.165, 1.54) is 0 Å². The van der Waals surface area contributed by atoms with Gasteiger partial charge in [0.05, 0.1) is 25.6 Å². The van der Waals surface area contributed by atoms with Gasteiger partial charge in [0.2, 0.25) is 0 Å². The Morgan fingerprint density at radius 2 is 1.82 bits per heavy atom. The number of aliphatic carboxylic acids is 1. The van der Waals surface area contributed by atoms with Gasteiger partial charge in [-0.05, 0) is 6.42 Å². The summed E-state index contributed by atoms with van der Waals surface area (Å²) in [7, 11) is 0. The minimum atomic E-state index is -0.910. The van der Waals surface area contributed by atoms with E-state index in [4.69, 9.17) is 19.3 Å². The highest BCUT2D eigenvalue weighted by Crippen LogP contribution is 2.02. The van der Waals surface area contributed by atoms with Crippen molar-refractivity contribution in [3.8, 4) is 0 Å². The van der Waals surface area contributed by atoms with E-state index in [9.17, 15) is 9.59 Å². The first-order valence-electron chi connectivity index (χ1n) is 5.61. The Balaban J connectivity index is 3.24. The van der Waals surface area contributed by atoms with Crippen molar-refractivity contribution in [3.05, 3.63) is 0 Å². The molecule has 1 N–H and O–H groups in total. The van der Waals surface area contributed by atoms with Crippen LogP contribution in [0.4, 0.5) is 0 Å². The maximum Gasteiger partial charge on any atom is 0.308 e. The van der Waals surface area contributed by atoms with Crippen LogP contribution in [-0.2, 0) is 23.8 Å². The van der Waals surface area contributed by atoms with E-state index >= 15 is 0 Å². The van der Waals surface area contributed by atoms with Crippen molar-refractivity contribution in [1.29, 1.82) is 0 Å². The summed E-state index contributed by atoms with van der Waals surface area (Å²) in [6, 6.07) is 0. The van der Waals surface area contributed by atoms with E-state index in [1.807, 2.05) is 6.92 Å². The number of esters is 1. The molecule has 1 atom stereocenters. The first kappa shape index (κ1) is 15.9. The van der Waals surface area contributed by atoms with Crippen LogP contribution < -0.4 is 0 Å². The normalized spacial score (nSPS) is 12.1. The molecule has 0 saturated heterocycles. The summed E-state index contributed by atoms with van der Waals surface area (Å²) in [4.78, 5) is 21.3. The SMILES string of the molecule is CCC(C)C(=O)OCCOCOCCC(=O)O. The van der Waals surface area contributed by atoms with Gasteiger partial charge in [-0.25, -0.2) is 0 Å². The lowest BCUT2D eigenvalue weighted by Crippen LogP contribution is -2.17. The van der Waals surface area contributed by atoms with Gasteiger partial charge in [0, 0.05) is 0 Å². The predicted octanol–water partition coefficient (Wildman–Crippen LogP) is 1.04. The van der Waals surface area contributed by atoms with E-state index in [0.29, 0.717) is 0 Å². The number of hydrogen-bond acceptors (Lipinski definition) is 5. The number of carboxylic acid groups (broad SMARTS) is 1. The largest absolute Gasteiger partial charge is 0.481 e. The van der Waals surface area contributed by atoms with Crippen molar-refractivity contribution in [2.24, 2.45) is 5.92 Å². The number of carbonyl (C=O) groups excluding carboxylic acids is 1. The minimum Gasteiger partial charge on any atom is -0.481 e. The van der Waals surface area contributed by atoms with Crippen LogP contribution in [0.2, 0.25) is 0 Å². The van der Waals surface area contributed by atoms with Crippen molar-refractivity contribution in [3.63, 3.8) is 0 Å². The van der Waals surface area contributed by atoms with Crippen LogP contribution in [0, 0.1) is 5.92 Å². The average molecular weight is 248 g/mol. The molecule has 0 saturated carbocycles. The molecule has 0 amide bonds. The van der Waals surface area contributed by atoms with Crippen molar-refractivity contribution in [2.45, 2.75) is 26.7 Å². The van der Waals surface area contributed by atoms with Gasteiger partial charge in [-0.1, -0.05) is 13.8 Å². The lowest BCUT2D eigenvalue weighted by molar-refractivity contribution is -0.152. The lowest BCUT2D eigenvalue weighted by atomic mass is 10.1. The van der Waals surface area contributed by atoms with Gasteiger partial charge in [0.1, 0.15) is 13.4 Å². The van der Waals surface area contributed by atoms with Crippen molar-refractivity contribution >= 4 is 11.9 Å². The molecule has 0 aromatic carbocycles. The molecular weight excluding hydrogens is 228 g/mol. The molecule has 6 heteroatoms. The van der Waals surface area contributed by atoms with Crippen molar-refractivity contribution in [2.75, 3.05) is 26.6 Å². The molecule has 6 nitrogen and oxygen atoms in total. The molecule has 0 aliphatic rings. The van der Waals surface area contributed by atoms with E-state index in [2.05, 4.69) is 0 Å². The van der Waals surface area contributed by atoms with Gasteiger partial charge in [-0.2, -0.15) is 0 Å². The summed E-state index contributed by atoms with van der Waals surface area (Å²) in [5.74, 6) is -1.24. The summed E-state index contributed by atoms with van der Waals surface area (Å²) in [6.07, 6.45) is 0.699. The highest BCUT2D eigenvalue weighted by molar-refractivity contribution is 5.71. The van der Waals surface area contributed by atoms with Crippen LogP contribution in [0.3, 0.4) is 0 Å². The number of carbonyl (C=O) groups is 2. The van der Waals surface area contributed by atoms with Crippen LogP contribution in [0.1, 0.15) is 26.7 Å². The van der Waals surface area contributed by atoms with Gasteiger partial charge in [-0.3, -0.25) is 9.59 Å². The molecule has 0 aromatic rings. The highest BCUT2D eigenvalue weighted by Gasteiger charge is 2.10. The minimum absolute atomic E-state index is 0.00810. The topological polar surface area (TPSA) is 82.1 Å². The summed E-state index contributed by atoms with van der Waals surface area (Å²) in [5, 5.41) is 8.31. The summed E-state index contributed by atoms with van der Waals surface area (Å²) < 4.78 is 14.8. The van der Waals surface area contributed by atoms with Crippen LogP contribution in [0.15, 0.2) is 0 Å². The third kappa shape index (κ3) is 9.77. The second kappa shape index (κ2) is 10.0. The zero-order chi connectivity index (χ0) is 13.1. The second-order valence-corrected chi connectivity index (χ2v) is 3.55. The Morgan fingerprint density at radius 1 is 1.18 bits per heavy atom. The van der Waals surface area contributed by atoms with Crippen LogP contribution >= 0.6 is 0 Å². The molecule has 100 valence electrons. The lowest BCUT2D eigenvalue weighted by Gasteiger charge is -2.09. The number of rotatable bonds is 10. The van der Waals surface area contributed by atoms with E-state index in [1.54, 1.807) is 6.92 Å². The number of ether oxygens (including phenoxy) is 3. The van der Waals surface area contributed by atoms with Crippen LogP contribution in [-0.4, -0.2) is 43.7 Å². The Hall–Kier alpha value is -1.14. The molecule has 0 bridgehead atoms. The van der Waals surface area contributed by atoms with Crippen molar-refractivity contribution in [1.82, 2.24) is 0 Å². The molecule has 0 spiro atoms. The first-order chi connectivity index (χ1) is 8.07. The third-order valence-corrected chi connectivity index (χ3v) is 2.11. The molecule has 0 rings (SSSR count). The zero-order valence-electron chi connectivity index (χ0n) is 10.3. The van der Waals surface area contributed by atoms with E-state index in [-0.39, 0.29) is 44.9 Å². The number of hydrogen-bond donors (Lipinski definition) is 1. The highest BCUT2D eigenvalue weighted by atomic mass is 16.7. The smallest absolute Gasteiger partial charge is 0.308 e. The maximum atomic E-state index is 11.2. The number of carboxylic acids is 1. The van der Waals surface area contributed by atoms with Gasteiger partial charge < -0.3 is 19.3 Å². The Labute approximate surface area is 101 Å². The van der Waals surface area contributed by atoms with Gasteiger partial charge in [0.15, 0.2) is 0 Å². The molecule has 0 radical (unpaired) electrons. The molecule has 0 aliphatic carbocycles. The summed E-state index contributed by atoms with van der Waals surface area (Å²) in [6.45, 7) is 4.27.